The standard InChI is InChI=1S/C16H32N4O2/c1-15(2,3)19-13(17)18-11-12-7-9-20(10-8-12)14(21)22-16(4,5)6/h12H,7-11H2,1-6H3,(H3,17,18,19). The SMILES string of the molecule is CC(C)(C)NC(N)=NCC1CCN(C(=O)OC(C)(C)C)CC1. The van der Waals surface area contributed by atoms with E-state index in [-0.39, 0.29) is 11.6 Å². The predicted molar refractivity (Wildman–Crippen MR) is 89.9 cm³/mol. The molecule has 0 bridgehead atoms. The van der Waals surface area contributed by atoms with E-state index in [2.05, 4.69) is 31.1 Å². The van der Waals surface area contributed by atoms with Crippen molar-refractivity contribution in [2.24, 2.45) is 16.6 Å². The van der Waals surface area contributed by atoms with Gasteiger partial charge in [0.15, 0.2) is 5.96 Å². The number of amides is 1. The zero-order valence-electron chi connectivity index (χ0n) is 14.9. The third kappa shape index (κ3) is 7.52. The van der Waals surface area contributed by atoms with Gasteiger partial charge in [0, 0.05) is 25.2 Å². The van der Waals surface area contributed by atoms with E-state index in [0.717, 1.165) is 25.9 Å². The Morgan fingerprint density at radius 2 is 1.77 bits per heavy atom. The van der Waals surface area contributed by atoms with Crippen molar-refractivity contribution >= 4 is 12.1 Å². The Hall–Kier alpha value is -1.46. The first-order valence-electron chi connectivity index (χ1n) is 8.02. The highest BCUT2D eigenvalue weighted by molar-refractivity contribution is 5.78. The van der Waals surface area contributed by atoms with Crippen LogP contribution in [0, 0.1) is 5.92 Å². The van der Waals surface area contributed by atoms with E-state index in [1.54, 1.807) is 4.90 Å². The maximum atomic E-state index is 12.0. The number of nitrogens with one attached hydrogen (secondary N) is 1. The minimum absolute atomic E-state index is 0.0757. The molecule has 0 spiro atoms. The number of ether oxygens (including phenoxy) is 1. The van der Waals surface area contributed by atoms with Crippen LogP contribution in [-0.4, -0.2) is 47.7 Å². The third-order valence-electron chi connectivity index (χ3n) is 3.29. The molecule has 0 unspecified atom stereocenters. The first kappa shape index (κ1) is 18.6. The third-order valence-corrected chi connectivity index (χ3v) is 3.29. The maximum Gasteiger partial charge on any atom is 0.410 e. The smallest absolute Gasteiger partial charge is 0.410 e. The van der Waals surface area contributed by atoms with Crippen LogP contribution in [0.3, 0.4) is 0 Å². The Balaban J connectivity index is 2.37. The number of guanidine groups is 1. The van der Waals surface area contributed by atoms with E-state index in [1.807, 2.05) is 20.8 Å². The molecule has 1 fully saturated rings. The molecule has 6 nitrogen and oxygen atoms in total. The van der Waals surface area contributed by atoms with Crippen LogP contribution in [0.4, 0.5) is 4.79 Å². The molecule has 0 aromatic carbocycles. The molecule has 1 heterocycles. The summed E-state index contributed by atoms with van der Waals surface area (Å²) in [4.78, 5) is 18.2. The van der Waals surface area contributed by atoms with Crippen LogP contribution >= 0.6 is 0 Å². The van der Waals surface area contributed by atoms with Gasteiger partial charge in [0.25, 0.3) is 0 Å². The highest BCUT2D eigenvalue weighted by atomic mass is 16.6. The number of hydrogen-bond donors (Lipinski definition) is 2. The molecule has 3 N–H and O–H groups in total. The van der Waals surface area contributed by atoms with Crippen molar-refractivity contribution in [3.8, 4) is 0 Å². The van der Waals surface area contributed by atoms with Crippen LogP contribution in [0.1, 0.15) is 54.4 Å². The largest absolute Gasteiger partial charge is 0.444 e. The fraction of sp³-hybridized carbons (Fsp3) is 0.875. The van der Waals surface area contributed by atoms with Crippen molar-refractivity contribution in [2.45, 2.75) is 65.5 Å². The normalized spacial score (nSPS) is 18.3. The topological polar surface area (TPSA) is 80.0 Å². The number of hydrogen-bond acceptors (Lipinski definition) is 3. The molecule has 0 aromatic rings. The monoisotopic (exact) mass is 312 g/mol. The quantitative estimate of drug-likeness (QED) is 0.606. The molecule has 128 valence electrons. The predicted octanol–water partition coefficient (Wildman–Crippen LogP) is 2.34. The molecule has 6 heteroatoms. The van der Waals surface area contributed by atoms with E-state index in [9.17, 15) is 4.79 Å². The summed E-state index contributed by atoms with van der Waals surface area (Å²) in [6.07, 6.45) is 1.65. The molecule has 22 heavy (non-hydrogen) atoms. The molecule has 1 rings (SSSR count). The van der Waals surface area contributed by atoms with Gasteiger partial charge < -0.3 is 20.7 Å². The van der Waals surface area contributed by atoms with Crippen molar-refractivity contribution in [1.29, 1.82) is 0 Å². The van der Waals surface area contributed by atoms with Crippen LogP contribution in [0.15, 0.2) is 4.99 Å². The van der Waals surface area contributed by atoms with Crippen molar-refractivity contribution in [3.63, 3.8) is 0 Å². The summed E-state index contributed by atoms with van der Waals surface area (Å²) in [6, 6.07) is 0. The number of nitrogens with two attached hydrogens (primary N) is 1. The number of carbonyl (C=O) groups is 1. The van der Waals surface area contributed by atoms with E-state index < -0.39 is 5.60 Å². The number of rotatable bonds is 2. The van der Waals surface area contributed by atoms with E-state index in [4.69, 9.17) is 10.5 Å². The zero-order chi connectivity index (χ0) is 17.0. The Bertz CT molecular complexity index is 399. The number of likely N-dealkylation sites (tertiary alicyclic amines) is 1. The molecule has 0 aliphatic carbocycles. The number of nitrogens with zero attached hydrogens (tertiary/aromatic N) is 2. The summed E-state index contributed by atoms with van der Waals surface area (Å²) in [6.45, 7) is 14.0. The molecule has 1 amide bonds. The lowest BCUT2D eigenvalue weighted by molar-refractivity contribution is 0.0187. The summed E-state index contributed by atoms with van der Waals surface area (Å²) < 4.78 is 5.39. The Morgan fingerprint density at radius 1 is 1.23 bits per heavy atom. The zero-order valence-corrected chi connectivity index (χ0v) is 14.9. The second-order valence-corrected chi connectivity index (χ2v) is 8.01. The number of aliphatic imine (C=N–C) groups is 1. The van der Waals surface area contributed by atoms with Gasteiger partial charge in [-0.2, -0.15) is 0 Å². The minimum Gasteiger partial charge on any atom is -0.444 e. The lowest BCUT2D eigenvalue weighted by Crippen LogP contribution is -2.45. The van der Waals surface area contributed by atoms with Crippen molar-refractivity contribution < 1.29 is 9.53 Å². The Kier molecular flexibility index (Phi) is 6.08. The molecule has 1 saturated heterocycles. The second-order valence-electron chi connectivity index (χ2n) is 8.01. The first-order chi connectivity index (χ1) is 9.96. The minimum atomic E-state index is -0.439. The highest BCUT2D eigenvalue weighted by Gasteiger charge is 2.26. The lowest BCUT2D eigenvalue weighted by Gasteiger charge is -2.33. The fourth-order valence-corrected chi connectivity index (χ4v) is 2.28. The average molecular weight is 312 g/mol. The second kappa shape index (κ2) is 7.20. The molecule has 1 aliphatic heterocycles. The van der Waals surface area contributed by atoms with Crippen LogP contribution in [-0.2, 0) is 4.74 Å². The molecule has 1 aliphatic rings. The molecule has 0 radical (unpaired) electrons. The van der Waals surface area contributed by atoms with Gasteiger partial charge in [-0.05, 0) is 60.3 Å². The van der Waals surface area contributed by atoms with E-state index in [1.165, 1.54) is 0 Å². The van der Waals surface area contributed by atoms with Crippen LogP contribution in [0.5, 0.6) is 0 Å². The molecular formula is C16H32N4O2. The van der Waals surface area contributed by atoms with Gasteiger partial charge in [0.2, 0.25) is 0 Å². The molecule has 0 saturated carbocycles. The van der Waals surface area contributed by atoms with E-state index in [0.29, 0.717) is 18.4 Å². The van der Waals surface area contributed by atoms with Gasteiger partial charge in [-0.1, -0.05) is 0 Å². The van der Waals surface area contributed by atoms with Crippen LogP contribution in [0.2, 0.25) is 0 Å². The van der Waals surface area contributed by atoms with Gasteiger partial charge >= 0.3 is 6.09 Å². The van der Waals surface area contributed by atoms with Gasteiger partial charge in [-0.3, -0.25) is 4.99 Å². The summed E-state index contributed by atoms with van der Waals surface area (Å²) >= 11 is 0. The Morgan fingerprint density at radius 3 is 2.23 bits per heavy atom. The summed E-state index contributed by atoms with van der Waals surface area (Å²) in [5, 5.41) is 3.15. The number of carbonyl (C=O) groups excluding carboxylic acids is 1. The Labute approximate surface area is 134 Å². The molecule has 0 atom stereocenters. The van der Waals surface area contributed by atoms with Crippen molar-refractivity contribution in [3.05, 3.63) is 0 Å². The number of piperidine rings is 1. The maximum absolute atomic E-state index is 12.0. The summed E-state index contributed by atoms with van der Waals surface area (Å²) in [5.74, 6) is 0.959. The van der Waals surface area contributed by atoms with Gasteiger partial charge in [-0.25, -0.2) is 4.79 Å². The fourth-order valence-electron chi connectivity index (χ4n) is 2.28. The summed E-state index contributed by atoms with van der Waals surface area (Å²) in [5.41, 5.74) is 5.36. The first-order valence-corrected chi connectivity index (χ1v) is 8.02. The summed E-state index contributed by atoms with van der Waals surface area (Å²) in [7, 11) is 0. The van der Waals surface area contributed by atoms with Crippen LogP contribution < -0.4 is 11.1 Å². The molecule has 0 aromatic heterocycles. The van der Waals surface area contributed by atoms with Crippen LogP contribution in [0.25, 0.3) is 0 Å². The van der Waals surface area contributed by atoms with E-state index >= 15 is 0 Å². The van der Waals surface area contributed by atoms with Gasteiger partial charge in [0.1, 0.15) is 5.60 Å². The van der Waals surface area contributed by atoms with Crippen molar-refractivity contribution in [2.75, 3.05) is 19.6 Å². The van der Waals surface area contributed by atoms with Gasteiger partial charge in [0.05, 0.1) is 0 Å². The lowest BCUT2D eigenvalue weighted by atomic mass is 9.97. The van der Waals surface area contributed by atoms with Crippen molar-refractivity contribution in [1.82, 2.24) is 10.2 Å². The molecular weight excluding hydrogens is 280 g/mol. The van der Waals surface area contributed by atoms with Gasteiger partial charge in [-0.15, -0.1) is 0 Å². The average Bonchev–Trinajstić information content (AvgIpc) is 2.33. The highest BCUT2D eigenvalue weighted by Crippen LogP contribution is 2.19.